The molecule has 1 aliphatic heterocycles. The first kappa shape index (κ1) is 41.8. The van der Waals surface area contributed by atoms with Gasteiger partial charge in [-0.3, -0.25) is 14.5 Å². The number of nitrogens with zero attached hydrogens (tertiary/aromatic N) is 2. The Morgan fingerprint density at radius 1 is 0.578 bits per heavy atom. The number of rotatable bonds is 31. The fraction of sp³-hybridized carbons (Fsp3) is 0.947. The van der Waals surface area contributed by atoms with Gasteiger partial charge in [-0.25, -0.2) is 0 Å². The molecule has 1 aliphatic rings. The van der Waals surface area contributed by atoms with Crippen LogP contribution in [0.1, 0.15) is 156 Å². The number of piperazine rings is 1. The van der Waals surface area contributed by atoms with E-state index in [4.69, 9.17) is 9.47 Å². The van der Waals surface area contributed by atoms with Crippen LogP contribution < -0.4 is 5.32 Å². The molecule has 1 heterocycles. The number of ether oxygens (including phenoxy) is 2. The lowest BCUT2D eigenvalue weighted by molar-refractivity contribution is -0.150. The molecular weight excluding hydrogens is 562 g/mol. The van der Waals surface area contributed by atoms with E-state index in [9.17, 15) is 9.59 Å². The molecule has 2 atom stereocenters. The van der Waals surface area contributed by atoms with E-state index in [1.807, 2.05) is 0 Å². The van der Waals surface area contributed by atoms with Gasteiger partial charge >= 0.3 is 11.9 Å². The number of esters is 2. The molecule has 0 aromatic heterocycles. The normalized spacial score (nSPS) is 15.3. The Bertz CT molecular complexity index is 640. The fourth-order valence-corrected chi connectivity index (χ4v) is 6.31. The second-order valence-corrected chi connectivity index (χ2v) is 13.6. The first-order valence-electron chi connectivity index (χ1n) is 19.5. The van der Waals surface area contributed by atoms with Crippen molar-refractivity contribution in [2.24, 2.45) is 11.8 Å². The summed E-state index contributed by atoms with van der Waals surface area (Å²) >= 11 is 0. The Labute approximate surface area is 279 Å². The topological polar surface area (TPSA) is 71.1 Å². The highest BCUT2D eigenvalue weighted by molar-refractivity contribution is 5.72. The van der Waals surface area contributed by atoms with Gasteiger partial charge in [0.05, 0.1) is 25.0 Å². The molecular formula is C38H75N3O4. The summed E-state index contributed by atoms with van der Waals surface area (Å²) in [6.07, 6.45) is 21.9. The first-order chi connectivity index (χ1) is 22.0. The van der Waals surface area contributed by atoms with Crippen molar-refractivity contribution >= 4 is 11.9 Å². The van der Waals surface area contributed by atoms with E-state index in [0.717, 1.165) is 142 Å². The maximum Gasteiger partial charge on any atom is 0.308 e. The Morgan fingerprint density at radius 2 is 1.02 bits per heavy atom. The van der Waals surface area contributed by atoms with E-state index in [1.54, 1.807) is 0 Å². The van der Waals surface area contributed by atoms with Crippen LogP contribution in [0.2, 0.25) is 0 Å². The first-order valence-corrected chi connectivity index (χ1v) is 19.5. The number of nitrogens with one attached hydrogen (secondary N) is 1. The van der Waals surface area contributed by atoms with Gasteiger partial charge in [0.1, 0.15) is 0 Å². The van der Waals surface area contributed by atoms with Crippen LogP contribution >= 0.6 is 0 Å². The van der Waals surface area contributed by atoms with Crippen LogP contribution in [-0.2, 0) is 19.1 Å². The molecule has 0 amide bonds. The molecule has 0 bridgehead atoms. The van der Waals surface area contributed by atoms with Crippen molar-refractivity contribution in [2.75, 3.05) is 65.6 Å². The predicted octanol–water partition coefficient (Wildman–Crippen LogP) is 8.39. The molecule has 7 nitrogen and oxygen atoms in total. The molecule has 7 heteroatoms. The summed E-state index contributed by atoms with van der Waals surface area (Å²) in [5.41, 5.74) is 0. The molecule has 0 spiro atoms. The highest BCUT2D eigenvalue weighted by atomic mass is 16.5. The molecule has 45 heavy (non-hydrogen) atoms. The number of carbonyl (C=O) groups is 2. The van der Waals surface area contributed by atoms with Gasteiger partial charge in [-0.2, -0.15) is 0 Å². The highest BCUT2D eigenvalue weighted by Gasteiger charge is 2.20. The smallest absolute Gasteiger partial charge is 0.308 e. The van der Waals surface area contributed by atoms with Crippen LogP contribution in [-0.4, -0.2) is 87.3 Å². The summed E-state index contributed by atoms with van der Waals surface area (Å²) in [6, 6.07) is 0. The van der Waals surface area contributed by atoms with E-state index < -0.39 is 0 Å². The number of hydrogen-bond donors (Lipinski definition) is 1. The van der Waals surface area contributed by atoms with Gasteiger partial charge in [-0.05, 0) is 64.5 Å². The number of hydrogen-bond acceptors (Lipinski definition) is 7. The average Bonchev–Trinajstić information content (AvgIpc) is 3.06. The standard InChI is InChI=1S/C38H75N3O4/c1-5-9-13-15-23-35(21-11-7-3)37(42)44-33-19-17-27-40(31-32-41-29-25-39-26-30-41)28-18-20-34-45-38(43)36(22-12-8-4)24-16-14-10-6-2/h35-36,39H,5-34H2,1-4H3. The molecule has 0 radical (unpaired) electrons. The van der Waals surface area contributed by atoms with Gasteiger partial charge in [0.25, 0.3) is 0 Å². The molecule has 1 rings (SSSR count). The van der Waals surface area contributed by atoms with Crippen LogP contribution in [0.4, 0.5) is 0 Å². The van der Waals surface area contributed by atoms with Crippen molar-refractivity contribution in [3.63, 3.8) is 0 Å². The molecule has 1 saturated heterocycles. The average molecular weight is 638 g/mol. The van der Waals surface area contributed by atoms with Crippen LogP contribution in [0, 0.1) is 11.8 Å². The number of carbonyl (C=O) groups excluding carboxylic acids is 2. The molecule has 0 aromatic rings. The van der Waals surface area contributed by atoms with Gasteiger partial charge in [-0.15, -0.1) is 0 Å². The third-order valence-corrected chi connectivity index (χ3v) is 9.46. The van der Waals surface area contributed by atoms with Crippen molar-refractivity contribution in [1.82, 2.24) is 15.1 Å². The van der Waals surface area contributed by atoms with E-state index in [-0.39, 0.29) is 23.8 Å². The third-order valence-electron chi connectivity index (χ3n) is 9.46. The van der Waals surface area contributed by atoms with Crippen LogP contribution in [0.25, 0.3) is 0 Å². The van der Waals surface area contributed by atoms with Crippen LogP contribution in [0.15, 0.2) is 0 Å². The van der Waals surface area contributed by atoms with E-state index in [1.165, 1.54) is 38.5 Å². The molecule has 1 N–H and O–H groups in total. The Kier molecular flexibility index (Phi) is 28.1. The van der Waals surface area contributed by atoms with Gasteiger partial charge in [0, 0.05) is 39.3 Å². The van der Waals surface area contributed by atoms with Crippen molar-refractivity contribution in [3.05, 3.63) is 0 Å². The van der Waals surface area contributed by atoms with Crippen molar-refractivity contribution < 1.29 is 19.1 Å². The molecule has 266 valence electrons. The van der Waals surface area contributed by atoms with E-state index in [0.29, 0.717) is 13.2 Å². The van der Waals surface area contributed by atoms with E-state index >= 15 is 0 Å². The quantitative estimate of drug-likeness (QED) is 0.0605. The molecule has 0 aliphatic carbocycles. The molecule has 1 fully saturated rings. The Morgan fingerprint density at radius 3 is 1.47 bits per heavy atom. The second kappa shape index (κ2) is 30.2. The maximum absolute atomic E-state index is 12.8. The summed E-state index contributed by atoms with van der Waals surface area (Å²) in [7, 11) is 0. The molecule has 2 unspecified atom stereocenters. The molecule has 0 saturated carbocycles. The van der Waals surface area contributed by atoms with Crippen LogP contribution in [0.5, 0.6) is 0 Å². The zero-order chi connectivity index (χ0) is 32.8. The zero-order valence-electron chi connectivity index (χ0n) is 30.4. The van der Waals surface area contributed by atoms with Gasteiger partial charge < -0.3 is 19.7 Å². The Hall–Kier alpha value is -1.18. The van der Waals surface area contributed by atoms with Gasteiger partial charge in [-0.1, -0.05) is 105 Å². The third kappa shape index (κ3) is 22.9. The monoisotopic (exact) mass is 638 g/mol. The predicted molar refractivity (Wildman–Crippen MR) is 190 cm³/mol. The van der Waals surface area contributed by atoms with Gasteiger partial charge in [0.15, 0.2) is 0 Å². The maximum atomic E-state index is 12.8. The summed E-state index contributed by atoms with van der Waals surface area (Å²) in [5.74, 6) is 0.217. The highest BCUT2D eigenvalue weighted by Crippen LogP contribution is 2.20. The number of unbranched alkanes of at least 4 members (excludes halogenated alkanes) is 10. The van der Waals surface area contributed by atoms with E-state index in [2.05, 4.69) is 42.8 Å². The lowest BCUT2D eigenvalue weighted by atomic mass is 9.95. The summed E-state index contributed by atoms with van der Waals surface area (Å²) in [6.45, 7) is 18.5. The second-order valence-electron chi connectivity index (χ2n) is 13.6. The zero-order valence-corrected chi connectivity index (χ0v) is 30.4. The van der Waals surface area contributed by atoms with Crippen LogP contribution in [0.3, 0.4) is 0 Å². The minimum Gasteiger partial charge on any atom is -0.465 e. The lowest BCUT2D eigenvalue weighted by Gasteiger charge is -2.30. The van der Waals surface area contributed by atoms with Crippen molar-refractivity contribution in [1.29, 1.82) is 0 Å². The van der Waals surface area contributed by atoms with Crippen molar-refractivity contribution in [2.45, 2.75) is 156 Å². The summed E-state index contributed by atoms with van der Waals surface area (Å²) in [5, 5.41) is 3.45. The summed E-state index contributed by atoms with van der Waals surface area (Å²) in [4.78, 5) is 30.8. The van der Waals surface area contributed by atoms with Crippen molar-refractivity contribution in [3.8, 4) is 0 Å². The summed E-state index contributed by atoms with van der Waals surface area (Å²) < 4.78 is 11.6. The SMILES string of the molecule is CCCCCCC(CCCC)C(=O)OCCCCN(CCCCOC(=O)C(CCCC)CCCCCC)CCN1CCNCC1. The lowest BCUT2D eigenvalue weighted by Crippen LogP contribution is -2.46. The Balaban J connectivity index is 2.43. The minimum atomic E-state index is 0.0305. The molecule has 0 aromatic carbocycles. The van der Waals surface area contributed by atoms with Gasteiger partial charge in [0.2, 0.25) is 0 Å². The fourth-order valence-electron chi connectivity index (χ4n) is 6.31. The largest absolute Gasteiger partial charge is 0.465 e. The minimum absolute atomic E-state index is 0.0305.